The molecule has 2 N–H and O–H groups in total. The molecule has 0 unspecified atom stereocenters. The van der Waals surface area contributed by atoms with Gasteiger partial charge in [0.05, 0.1) is 4.90 Å². The molecule has 0 spiro atoms. The molecule has 0 saturated heterocycles. The first-order valence-electron chi connectivity index (χ1n) is 8.41. The van der Waals surface area contributed by atoms with Crippen molar-refractivity contribution in [3.8, 4) is 0 Å². The Labute approximate surface area is 159 Å². The van der Waals surface area contributed by atoms with Crippen molar-refractivity contribution < 1.29 is 13.2 Å². The van der Waals surface area contributed by atoms with Crippen molar-refractivity contribution in [3.05, 3.63) is 64.7 Å². The molecule has 0 fully saturated rings. The van der Waals surface area contributed by atoms with Crippen LogP contribution in [-0.4, -0.2) is 20.9 Å². The fourth-order valence-electron chi connectivity index (χ4n) is 2.26. The van der Waals surface area contributed by atoms with Crippen LogP contribution in [0.5, 0.6) is 0 Å². The second-order valence-corrected chi connectivity index (χ2v) is 8.55. The minimum absolute atomic E-state index is 0.0967. The molecule has 0 heterocycles. The number of hydrogen-bond donors (Lipinski definition) is 2. The van der Waals surface area contributed by atoms with E-state index in [0.717, 1.165) is 6.42 Å². The van der Waals surface area contributed by atoms with Crippen molar-refractivity contribution in [2.75, 3.05) is 6.54 Å². The Morgan fingerprint density at radius 3 is 2.35 bits per heavy atom. The van der Waals surface area contributed by atoms with Gasteiger partial charge in [-0.2, -0.15) is 0 Å². The van der Waals surface area contributed by atoms with Gasteiger partial charge >= 0.3 is 0 Å². The standard InChI is InChI=1S/C19H23ClN2O3S/c1-14(2)11-12-21-19(23)15-7-9-17(10-8-15)26(24,25)22-13-16-5-3-4-6-18(16)20/h3-10,14,22H,11-13H2,1-2H3,(H,21,23). The molecule has 0 atom stereocenters. The molecular formula is C19H23ClN2O3S. The lowest BCUT2D eigenvalue weighted by Gasteiger charge is -2.10. The van der Waals surface area contributed by atoms with Crippen LogP contribution in [0.3, 0.4) is 0 Å². The second kappa shape index (κ2) is 9.16. The lowest BCUT2D eigenvalue weighted by atomic mass is 10.1. The molecule has 26 heavy (non-hydrogen) atoms. The fraction of sp³-hybridized carbons (Fsp3) is 0.316. The summed E-state index contributed by atoms with van der Waals surface area (Å²) in [5.74, 6) is 0.297. The maximum absolute atomic E-state index is 12.4. The van der Waals surface area contributed by atoms with Gasteiger partial charge in [-0.15, -0.1) is 0 Å². The Kier molecular flexibility index (Phi) is 7.20. The van der Waals surface area contributed by atoms with E-state index < -0.39 is 10.0 Å². The minimum atomic E-state index is -3.69. The van der Waals surface area contributed by atoms with Gasteiger partial charge in [0.15, 0.2) is 0 Å². The average Bonchev–Trinajstić information content (AvgIpc) is 2.61. The van der Waals surface area contributed by atoms with E-state index in [0.29, 0.717) is 28.6 Å². The van der Waals surface area contributed by atoms with Crippen molar-refractivity contribution >= 4 is 27.5 Å². The predicted molar refractivity (Wildman–Crippen MR) is 104 cm³/mol. The van der Waals surface area contributed by atoms with Crippen molar-refractivity contribution in [2.45, 2.75) is 31.7 Å². The third-order valence-corrected chi connectivity index (χ3v) is 5.63. The Hall–Kier alpha value is -1.89. The smallest absolute Gasteiger partial charge is 0.251 e. The summed E-state index contributed by atoms with van der Waals surface area (Å²) < 4.78 is 27.3. The van der Waals surface area contributed by atoms with E-state index in [9.17, 15) is 13.2 Å². The Bertz CT molecular complexity index is 849. The number of carbonyl (C=O) groups is 1. The summed E-state index contributed by atoms with van der Waals surface area (Å²) in [4.78, 5) is 12.1. The van der Waals surface area contributed by atoms with Crippen LogP contribution in [0.15, 0.2) is 53.4 Å². The van der Waals surface area contributed by atoms with Crippen LogP contribution < -0.4 is 10.0 Å². The second-order valence-electron chi connectivity index (χ2n) is 6.38. The van der Waals surface area contributed by atoms with E-state index in [1.165, 1.54) is 24.3 Å². The Balaban J connectivity index is 1.99. The first-order valence-corrected chi connectivity index (χ1v) is 10.3. The number of carbonyl (C=O) groups excluding carboxylic acids is 1. The molecule has 2 aromatic rings. The maximum atomic E-state index is 12.4. The van der Waals surface area contributed by atoms with Gasteiger partial charge < -0.3 is 5.32 Å². The van der Waals surface area contributed by atoms with Crippen LogP contribution in [0.2, 0.25) is 5.02 Å². The summed E-state index contributed by atoms with van der Waals surface area (Å²) >= 11 is 6.04. The molecule has 140 valence electrons. The molecule has 5 nitrogen and oxygen atoms in total. The largest absolute Gasteiger partial charge is 0.352 e. The molecule has 0 aromatic heterocycles. The SMILES string of the molecule is CC(C)CCNC(=O)c1ccc(S(=O)(=O)NCc2ccccc2Cl)cc1. The molecular weight excluding hydrogens is 372 g/mol. The summed E-state index contributed by atoms with van der Waals surface area (Å²) in [5, 5.41) is 3.33. The third-order valence-electron chi connectivity index (χ3n) is 3.84. The fourth-order valence-corrected chi connectivity index (χ4v) is 3.47. The zero-order valence-electron chi connectivity index (χ0n) is 14.8. The van der Waals surface area contributed by atoms with Crippen LogP contribution in [-0.2, 0) is 16.6 Å². The van der Waals surface area contributed by atoms with Crippen LogP contribution in [0.4, 0.5) is 0 Å². The zero-order chi connectivity index (χ0) is 19.2. The molecule has 7 heteroatoms. The highest BCUT2D eigenvalue weighted by atomic mass is 35.5. The van der Waals surface area contributed by atoms with E-state index in [1.807, 2.05) is 0 Å². The molecule has 0 aliphatic carbocycles. The molecule has 1 amide bonds. The maximum Gasteiger partial charge on any atom is 0.251 e. The number of rotatable bonds is 8. The van der Waals surface area contributed by atoms with Gasteiger partial charge in [-0.1, -0.05) is 43.6 Å². The number of nitrogens with one attached hydrogen (secondary N) is 2. The Morgan fingerprint density at radius 1 is 1.08 bits per heavy atom. The average molecular weight is 395 g/mol. The summed E-state index contributed by atoms with van der Waals surface area (Å²) in [6, 6.07) is 12.9. The number of sulfonamides is 1. The summed E-state index contributed by atoms with van der Waals surface area (Å²) in [7, 11) is -3.69. The lowest BCUT2D eigenvalue weighted by molar-refractivity contribution is 0.0952. The Morgan fingerprint density at radius 2 is 1.73 bits per heavy atom. The molecule has 0 aliphatic rings. The minimum Gasteiger partial charge on any atom is -0.352 e. The summed E-state index contributed by atoms with van der Waals surface area (Å²) in [5.41, 5.74) is 1.12. The number of hydrogen-bond acceptors (Lipinski definition) is 3. The molecule has 0 bridgehead atoms. The van der Waals surface area contributed by atoms with Crippen molar-refractivity contribution in [1.29, 1.82) is 0 Å². The molecule has 0 saturated carbocycles. The zero-order valence-corrected chi connectivity index (χ0v) is 16.4. The van der Waals surface area contributed by atoms with Crippen molar-refractivity contribution in [3.63, 3.8) is 0 Å². The highest BCUT2D eigenvalue weighted by molar-refractivity contribution is 7.89. The first kappa shape index (κ1) is 20.4. The van der Waals surface area contributed by atoms with Crippen LogP contribution in [0.1, 0.15) is 36.2 Å². The van der Waals surface area contributed by atoms with Gasteiger partial charge in [0, 0.05) is 23.7 Å². The van der Waals surface area contributed by atoms with Gasteiger partial charge in [0.2, 0.25) is 10.0 Å². The van der Waals surface area contributed by atoms with Gasteiger partial charge in [0.25, 0.3) is 5.91 Å². The van der Waals surface area contributed by atoms with Crippen molar-refractivity contribution in [1.82, 2.24) is 10.0 Å². The molecule has 2 aromatic carbocycles. The van der Waals surface area contributed by atoms with E-state index in [-0.39, 0.29) is 17.3 Å². The molecule has 0 aliphatic heterocycles. The van der Waals surface area contributed by atoms with E-state index in [4.69, 9.17) is 11.6 Å². The summed E-state index contributed by atoms with van der Waals surface area (Å²) in [6.07, 6.45) is 0.893. The highest BCUT2D eigenvalue weighted by Gasteiger charge is 2.15. The van der Waals surface area contributed by atoms with E-state index in [1.54, 1.807) is 24.3 Å². The van der Waals surface area contributed by atoms with Crippen molar-refractivity contribution in [2.24, 2.45) is 5.92 Å². The highest BCUT2D eigenvalue weighted by Crippen LogP contribution is 2.16. The number of amides is 1. The summed E-state index contributed by atoms with van der Waals surface area (Å²) in [6.45, 7) is 4.86. The van der Waals surface area contributed by atoms with E-state index in [2.05, 4.69) is 23.9 Å². The monoisotopic (exact) mass is 394 g/mol. The quantitative estimate of drug-likeness (QED) is 0.718. The molecule has 0 radical (unpaired) electrons. The first-order chi connectivity index (χ1) is 12.3. The topological polar surface area (TPSA) is 75.3 Å². The van der Waals surface area contributed by atoms with Crippen LogP contribution in [0, 0.1) is 5.92 Å². The van der Waals surface area contributed by atoms with Crippen LogP contribution >= 0.6 is 11.6 Å². The van der Waals surface area contributed by atoms with E-state index >= 15 is 0 Å². The van der Waals surface area contributed by atoms with Gasteiger partial charge in [-0.25, -0.2) is 13.1 Å². The lowest BCUT2D eigenvalue weighted by Crippen LogP contribution is -2.26. The predicted octanol–water partition coefficient (Wildman–Crippen LogP) is 3.59. The molecule has 2 rings (SSSR count). The number of halogens is 1. The third kappa shape index (κ3) is 5.83. The normalized spacial score (nSPS) is 11.5. The van der Waals surface area contributed by atoms with Gasteiger partial charge in [-0.3, -0.25) is 4.79 Å². The van der Waals surface area contributed by atoms with Crippen LogP contribution in [0.25, 0.3) is 0 Å². The van der Waals surface area contributed by atoms with Gasteiger partial charge in [-0.05, 0) is 48.2 Å². The number of benzene rings is 2. The van der Waals surface area contributed by atoms with Gasteiger partial charge in [0.1, 0.15) is 0 Å².